The monoisotopic (exact) mass is 332 g/mol. The number of benzene rings is 1. The van der Waals surface area contributed by atoms with Gasteiger partial charge in [-0.25, -0.2) is 0 Å². The highest BCUT2D eigenvalue weighted by molar-refractivity contribution is 6.31. The summed E-state index contributed by atoms with van der Waals surface area (Å²) in [6.07, 6.45) is 4.52. The van der Waals surface area contributed by atoms with Crippen molar-refractivity contribution in [2.24, 2.45) is 0 Å². The molecular formula is C18H21ClN2O2. The number of piperidine rings is 1. The SMILES string of the molecule is Cc1c(C(=O)N(C)C2CC3CCC(C2)N3)oc2ccc(Cl)cc12. The molecule has 2 bridgehead atoms. The van der Waals surface area contributed by atoms with Crippen molar-refractivity contribution in [3.63, 3.8) is 0 Å². The van der Waals surface area contributed by atoms with Crippen molar-refractivity contribution >= 4 is 28.5 Å². The molecular weight excluding hydrogens is 312 g/mol. The minimum Gasteiger partial charge on any atom is -0.451 e. The average Bonchev–Trinajstić information content (AvgIpc) is 3.05. The molecule has 1 aromatic carbocycles. The number of amides is 1. The summed E-state index contributed by atoms with van der Waals surface area (Å²) in [4.78, 5) is 14.8. The molecule has 0 spiro atoms. The van der Waals surface area contributed by atoms with Gasteiger partial charge >= 0.3 is 0 Å². The largest absolute Gasteiger partial charge is 0.451 e. The van der Waals surface area contributed by atoms with Gasteiger partial charge in [-0.3, -0.25) is 4.79 Å². The van der Waals surface area contributed by atoms with Crippen molar-refractivity contribution in [2.75, 3.05) is 7.05 Å². The van der Waals surface area contributed by atoms with Gasteiger partial charge in [0.1, 0.15) is 5.58 Å². The van der Waals surface area contributed by atoms with Gasteiger partial charge in [-0.1, -0.05) is 11.6 Å². The minimum atomic E-state index is -0.0267. The molecule has 2 aromatic rings. The maximum Gasteiger partial charge on any atom is 0.289 e. The number of hydrogen-bond acceptors (Lipinski definition) is 3. The highest BCUT2D eigenvalue weighted by atomic mass is 35.5. The Balaban J connectivity index is 1.62. The number of carbonyl (C=O) groups is 1. The van der Waals surface area contributed by atoms with Crippen LogP contribution in [0.4, 0.5) is 0 Å². The van der Waals surface area contributed by atoms with Gasteiger partial charge in [0.2, 0.25) is 0 Å². The molecule has 0 radical (unpaired) electrons. The molecule has 5 heteroatoms. The lowest BCUT2D eigenvalue weighted by Crippen LogP contribution is -2.48. The van der Waals surface area contributed by atoms with E-state index in [1.54, 1.807) is 6.07 Å². The topological polar surface area (TPSA) is 45.5 Å². The average molecular weight is 333 g/mol. The fraction of sp³-hybridized carbons (Fsp3) is 0.500. The molecule has 2 fully saturated rings. The number of carbonyl (C=O) groups excluding carboxylic acids is 1. The van der Waals surface area contributed by atoms with Crippen LogP contribution in [-0.2, 0) is 0 Å². The zero-order chi connectivity index (χ0) is 16.1. The number of nitrogens with zero attached hydrogens (tertiary/aromatic N) is 1. The van der Waals surface area contributed by atoms with E-state index in [0.29, 0.717) is 28.4 Å². The summed E-state index contributed by atoms with van der Waals surface area (Å²) < 4.78 is 5.83. The number of furan rings is 1. The van der Waals surface area contributed by atoms with Crippen LogP contribution in [0.5, 0.6) is 0 Å². The first-order valence-corrected chi connectivity index (χ1v) is 8.62. The predicted molar refractivity (Wildman–Crippen MR) is 91.0 cm³/mol. The third-order valence-electron chi connectivity index (χ3n) is 5.41. The Morgan fingerprint density at radius 2 is 2.00 bits per heavy atom. The summed E-state index contributed by atoms with van der Waals surface area (Å²) in [6, 6.07) is 6.88. The second-order valence-corrected chi connectivity index (χ2v) is 7.31. The summed E-state index contributed by atoms with van der Waals surface area (Å²) in [5.74, 6) is 0.414. The Morgan fingerprint density at radius 3 is 2.70 bits per heavy atom. The number of fused-ring (bicyclic) bond motifs is 3. The highest BCUT2D eigenvalue weighted by Crippen LogP contribution is 2.32. The number of hydrogen-bond donors (Lipinski definition) is 1. The van der Waals surface area contributed by atoms with E-state index in [0.717, 1.165) is 23.8 Å². The van der Waals surface area contributed by atoms with Crippen LogP contribution in [0, 0.1) is 6.92 Å². The summed E-state index contributed by atoms with van der Waals surface area (Å²) in [7, 11) is 1.90. The van der Waals surface area contributed by atoms with Gasteiger partial charge < -0.3 is 14.6 Å². The number of rotatable bonds is 2. The number of nitrogens with one attached hydrogen (secondary N) is 1. The third kappa shape index (κ3) is 2.54. The molecule has 2 atom stereocenters. The fourth-order valence-electron chi connectivity index (χ4n) is 4.07. The first kappa shape index (κ1) is 15.0. The van der Waals surface area contributed by atoms with Crippen LogP contribution in [0.15, 0.2) is 22.6 Å². The molecule has 3 heterocycles. The summed E-state index contributed by atoms with van der Waals surface area (Å²) in [6.45, 7) is 1.93. The molecule has 4 rings (SSSR count). The zero-order valence-corrected chi connectivity index (χ0v) is 14.2. The van der Waals surface area contributed by atoms with E-state index in [9.17, 15) is 4.79 Å². The number of halogens is 1. The summed E-state index contributed by atoms with van der Waals surface area (Å²) in [5, 5.41) is 5.19. The van der Waals surface area contributed by atoms with E-state index < -0.39 is 0 Å². The van der Waals surface area contributed by atoms with Crippen LogP contribution in [0.3, 0.4) is 0 Å². The van der Waals surface area contributed by atoms with Gasteiger partial charge in [0, 0.05) is 41.1 Å². The second kappa shape index (κ2) is 5.53. The Morgan fingerprint density at radius 1 is 1.30 bits per heavy atom. The van der Waals surface area contributed by atoms with Gasteiger partial charge in [-0.05, 0) is 50.8 Å². The third-order valence-corrected chi connectivity index (χ3v) is 5.64. The maximum absolute atomic E-state index is 12.9. The van der Waals surface area contributed by atoms with Crippen molar-refractivity contribution in [2.45, 2.75) is 50.7 Å². The van der Waals surface area contributed by atoms with Crippen molar-refractivity contribution < 1.29 is 9.21 Å². The van der Waals surface area contributed by atoms with Crippen LogP contribution in [0.25, 0.3) is 11.0 Å². The molecule has 0 aliphatic carbocycles. The predicted octanol–water partition coefficient (Wildman–Crippen LogP) is 3.75. The summed E-state index contributed by atoms with van der Waals surface area (Å²) >= 11 is 6.06. The van der Waals surface area contributed by atoms with E-state index in [-0.39, 0.29) is 11.9 Å². The van der Waals surface area contributed by atoms with Gasteiger partial charge in [0.15, 0.2) is 5.76 Å². The number of aryl methyl sites for hydroxylation is 1. The molecule has 1 amide bonds. The highest BCUT2D eigenvalue weighted by Gasteiger charge is 2.37. The van der Waals surface area contributed by atoms with Crippen LogP contribution in [0.1, 0.15) is 41.8 Å². The summed E-state index contributed by atoms with van der Waals surface area (Å²) in [5.41, 5.74) is 1.59. The Bertz CT molecular complexity index is 758. The van der Waals surface area contributed by atoms with Crippen LogP contribution < -0.4 is 5.32 Å². The molecule has 23 heavy (non-hydrogen) atoms. The van der Waals surface area contributed by atoms with E-state index in [4.69, 9.17) is 16.0 Å². The Kier molecular flexibility index (Phi) is 3.62. The van der Waals surface area contributed by atoms with Crippen molar-refractivity contribution in [1.29, 1.82) is 0 Å². The molecule has 2 unspecified atom stereocenters. The van der Waals surface area contributed by atoms with E-state index >= 15 is 0 Å². The first-order chi connectivity index (χ1) is 11.0. The lowest BCUT2D eigenvalue weighted by atomic mass is 9.98. The molecule has 122 valence electrons. The van der Waals surface area contributed by atoms with E-state index in [2.05, 4.69) is 5.32 Å². The molecule has 1 aromatic heterocycles. The molecule has 2 aliphatic rings. The Hall–Kier alpha value is -1.52. The van der Waals surface area contributed by atoms with Gasteiger partial charge in [0.25, 0.3) is 5.91 Å². The van der Waals surface area contributed by atoms with Gasteiger partial charge in [-0.15, -0.1) is 0 Å². The zero-order valence-electron chi connectivity index (χ0n) is 13.4. The van der Waals surface area contributed by atoms with Crippen molar-refractivity contribution in [1.82, 2.24) is 10.2 Å². The second-order valence-electron chi connectivity index (χ2n) is 6.88. The van der Waals surface area contributed by atoms with Crippen LogP contribution in [-0.4, -0.2) is 36.0 Å². The lowest BCUT2D eigenvalue weighted by molar-refractivity contribution is 0.0651. The standard InChI is InChI=1S/C18H21ClN2O2/c1-10-15-7-11(19)3-6-16(15)23-17(10)18(22)21(2)14-8-12-4-5-13(9-14)20-12/h3,6-7,12-14,20H,4-5,8-9H2,1-2H3. The molecule has 4 nitrogen and oxygen atoms in total. The van der Waals surface area contributed by atoms with Crippen molar-refractivity contribution in [3.05, 3.63) is 34.5 Å². The van der Waals surface area contributed by atoms with Crippen LogP contribution in [0.2, 0.25) is 5.02 Å². The van der Waals surface area contributed by atoms with Crippen LogP contribution >= 0.6 is 11.6 Å². The minimum absolute atomic E-state index is 0.0267. The fourth-order valence-corrected chi connectivity index (χ4v) is 4.24. The normalized spacial score (nSPS) is 26.7. The quantitative estimate of drug-likeness (QED) is 0.911. The first-order valence-electron chi connectivity index (χ1n) is 8.25. The van der Waals surface area contributed by atoms with E-state index in [1.807, 2.05) is 31.0 Å². The molecule has 2 aliphatic heterocycles. The molecule has 0 saturated carbocycles. The molecule has 2 saturated heterocycles. The smallest absolute Gasteiger partial charge is 0.289 e. The van der Waals surface area contributed by atoms with Crippen molar-refractivity contribution in [3.8, 4) is 0 Å². The molecule has 1 N–H and O–H groups in total. The van der Waals surface area contributed by atoms with Gasteiger partial charge in [0.05, 0.1) is 0 Å². The Labute approximate surface area is 140 Å². The van der Waals surface area contributed by atoms with E-state index in [1.165, 1.54) is 12.8 Å². The van der Waals surface area contributed by atoms with Gasteiger partial charge in [-0.2, -0.15) is 0 Å². The maximum atomic E-state index is 12.9. The lowest BCUT2D eigenvalue weighted by Gasteiger charge is -2.35.